The van der Waals surface area contributed by atoms with Crippen molar-refractivity contribution >= 4 is 27.4 Å². The summed E-state index contributed by atoms with van der Waals surface area (Å²) >= 11 is 1.18. The van der Waals surface area contributed by atoms with Crippen LogP contribution in [-0.2, 0) is 0 Å². The number of halogens is 2. The van der Waals surface area contributed by atoms with Gasteiger partial charge in [-0.25, -0.2) is 8.78 Å². The first-order chi connectivity index (χ1) is 8.22. The zero-order valence-corrected chi connectivity index (χ0v) is 9.83. The summed E-state index contributed by atoms with van der Waals surface area (Å²) in [4.78, 5) is 1.48. The molecule has 0 aliphatic rings. The van der Waals surface area contributed by atoms with Crippen molar-refractivity contribution in [2.45, 2.75) is 6.43 Å². The fraction of sp³-hybridized carbons (Fsp3) is 0.364. The Morgan fingerprint density at radius 1 is 1.35 bits per heavy atom. The van der Waals surface area contributed by atoms with E-state index < -0.39 is 6.43 Å². The largest absolute Gasteiger partial charge is 0.395 e. The van der Waals surface area contributed by atoms with Gasteiger partial charge in [0, 0.05) is 11.9 Å². The standard InChI is InChI=1S/C11H12F2N2OS/c12-10(13)7-15(5-6-16)11-8-3-1-2-4-9(8)14-17-11/h1-4,10,16H,5-7H2. The molecule has 92 valence electrons. The summed E-state index contributed by atoms with van der Waals surface area (Å²) < 4.78 is 29.1. The second-order valence-corrected chi connectivity index (χ2v) is 4.32. The van der Waals surface area contributed by atoms with Crippen LogP contribution in [0.25, 0.3) is 10.9 Å². The SMILES string of the molecule is OCCN(CC(F)F)c1snc2ccccc12. The van der Waals surface area contributed by atoms with Gasteiger partial charge in [-0.05, 0) is 23.7 Å². The van der Waals surface area contributed by atoms with E-state index in [1.165, 1.54) is 16.4 Å². The molecule has 1 aromatic carbocycles. The Bertz CT molecular complexity index is 489. The van der Waals surface area contributed by atoms with Crippen LogP contribution in [0.5, 0.6) is 0 Å². The van der Waals surface area contributed by atoms with Crippen LogP contribution in [0, 0.1) is 0 Å². The smallest absolute Gasteiger partial charge is 0.255 e. The summed E-state index contributed by atoms with van der Waals surface area (Å²) in [5, 5.41) is 10.5. The number of anilines is 1. The van der Waals surface area contributed by atoms with Gasteiger partial charge in [0.2, 0.25) is 0 Å². The lowest BCUT2D eigenvalue weighted by Gasteiger charge is -2.21. The average molecular weight is 258 g/mol. The molecule has 0 aliphatic heterocycles. The summed E-state index contributed by atoms with van der Waals surface area (Å²) in [6, 6.07) is 7.40. The van der Waals surface area contributed by atoms with Crippen LogP contribution in [0.2, 0.25) is 0 Å². The maximum Gasteiger partial charge on any atom is 0.255 e. The van der Waals surface area contributed by atoms with Crippen LogP contribution in [-0.4, -0.2) is 35.6 Å². The molecule has 0 saturated heterocycles. The maximum atomic E-state index is 12.5. The number of nitrogens with zero attached hydrogens (tertiary/aromatic N) is 2. The normalized spacial score (nSPS) is 11.3. The van der Waals surface area contributed by atoms with Gasteiger partial charge in [-0.15, -0.1) is 0 Å². The topological polar surface area (TPSA) is 36.4 Å². The van der Waals surface area contributed by atoms with Crippen molar-refractivity contribution in [3.8, 4) is 0 Å². The lowest BCUT2D eigenvalue weighted by Crippen LogP contribution is -2.30. The molecule has 0 bridgehead atoms. The minimum absolute atomic E-state index is 0.154. The summed E-state index contributed by atoms with van der Waals surface area (Å²) in [7, 11) is 0. The minimum atomic E-state index is -2.43. The first-order valence-corrected chi connectivity index (χ1v) is 5.98. The van der Waals surface area contributed by atoms with E-state index in [1.807, 2.05) is 24.3 Å². The highest BCUT2D eigenvalue weighted by molar-refractivity contribution is 7.11. The number of hydrogen-bond donors (Lipinski definition) is 1. The quantitative estimate of drug-likeness (QED) is 0.894. The Morgan fingerprint density at radius 2 is 2.12 bits per heavy atom. The van der Waals surface area contributed by atoms with E-state index in [-0.39, 0.29) is 19.7 Å². The molecule has 17 heavy (non-hydrogen) atoms. The average Bonchev–Trinajstić information content (AvgIpc) is 2.71. The number of aliphatic hydroxyl groups is 1. The van der Waals surface area contributed by atoms with Crippen LogP contribution in [0.15, 0.2) is 24.3 Å². The Morgan fingerprint density at radius 3 is 2.82 bits per heavy atom. The predicted octanol–water partition coefficient (Wildman–Crippen LogP) is 2.36. The highest BCUT2D eigenvalue weighted by atomic mass is 32.1. The molecule has 6 heteroatoms. The van der Waals surface area contributed by atoms with E-state index in [1.54, 1.807) is 0 Å². The third-order valence-electron chi connectivity index (χ3n) is 2.38. The zero-order chi connectivity index (χ0) is 12.3. The van der Waals surface area contributed by atoms with Crippen molar-refractivity contribution in [3.63, 3.8) is 0 Å². The van der Waals surface area contributed by atoms with E-state index >= 15 is 0 Å². The minimum Gasteiger partial charge on any atom is -0.395 e. The van der Waals surface area contributed by atoms with Gasteiger partial charge in [0.1, 0.15) is 5.00 Å². The second kappa shape index (κ2) is 5.37. The zero-order valence-electron chi connectivity index (χ0n) is 9.01. The van der Waals surface area contributed by atoms with Crippen LogP contribution in [0.4, 0.5) is 13.8 Å². The van der Waals surface area contributed by atoms with Crippen LogP contribution in [0.3, 0.4) is 0 Å². The molecule has 1 aromatic heterocycles. The highest BCUT2D eigenvalue weighted by Gasteiger charge is 2.17. The monoisotopic (exact) mass is 258 g/mol. The Kier molecular flexibility index (Phi) is 3.86. The molecule has 2 aromatic rings. The summed E-state index contributed by atoms with van der Waals surface area (Å²) in [5.41, 5.74) is 0.796. The third-order valence-corrected chi connectivity index (χ3v) is 3.32. The first-order valence-electron chi connectivity index (χ1n) is 5.20. The number of aliphatic hydroxyl groups excluding tert-OH is 1. The van der Waals surface area contributed by atoms with Crippen LogP contribution >= 0.6 is 11.5 Å². The Balaban J connectivity index is 2.34. The summed E-state index contributed by atoms with van der Waals surface area (Å²) in [6.45, 7) is -0.345. The van der Waals surface area contributed by atoms with Crippen LogP contribution < -0.4 is 4.90 Å². The van der Waals surface area contributed by atoms with E-state index in [4.69, 9.17) is 5.11 Å². The van der Waals surface area contributed by atoms with E-state index in [2.05, 4.69) is 4.37 Å². The Hall–Kier alpha value is -1.27. The number of hydrogen-bond acceptors (Lipinski definition) is 4. The number of rotatable bonds is 5. The molecule has 0 radical (unpaired) electrons. The third kappa shape index (κ3) is 2.70. The van der Waals surface area contributed by atoms with E-state index in [0.29, 0.717) is 5.00 Å². The van der Waals surface area contributed by atoms with Gasteiger partial charge in [-0.2, -0.15) is 4.37 Å². The molecular weight excluding hydrogens is 246 g/mol. The molecule has 0 saturated carbocycles. The molecule has 1 N–H and O–H groups in total. The van der Waals surface area contributed by atoms with Crippen molar-refractivity contribution in [2.24, 2.45) is 0 Å². The second-order valence-electron chi connectivity index (χ2n) is 3.57. The first kappa shape index (κ1) is 12.2. The molecule has 0 atom stereocenters. The molecule has 0 aliphatic carbocycles. The van der Waals surface area contributed by atoms with Crippen molar-refractivity contribution < 1.29 is 13.9 Å². The number of fused-ring (bicyclic) bond motifs is 1. The van der Waals surface area contributed by atoms with Gasteiger partial charge in [0.15, 0.2) is 0 Å². The highest BCUT2D eigenvalue weighted by Crippen LogP contribution is 2.31. The van der Waals surface area contributed by atoms with Gasteiger partial charge >= 0.3 is 0 Å². The van der Waals surface area contributed by atoms with Crippen molar-refractivity contribution in [1.82, 2.24) is 4.37 Å². The lowest BCUT2D eigenvalue weighted by atomic mass is 10.2. The van der Waals surface area contributed by atoms with E-state index in [0.717, 1.165) is 10.9 Å². The maximum absolute atomic E-state index is 12.5. The summed E-state index contributed by atoms with van der Waals surface area (Å²) in [6.07, 6.45) is -2.43. The molecule has 0 spiro atoms. The molecular formula is C11H12F2N2OS. The van der Waals surface area contributed by atoms with Gasteiger partial charge < -0.3 is 10.0 Å². The fourth-order valence-electron chi connectivity index (χ4n) is 1.67. The molecule has 0 unspecified atom stereocenters. The lowest BCUT2D eigenvalue weighted by molar-refractivity contribution is 0.153. The molecule has 0 amide bonds. The fourth-order valence-corrected chi connectivity index (χ4v) is 2.56. The molecule has 2 rings (SSSR count). The van der Waals surface area contributed by atoms with Crippen molar-refractivity contribution in [3.05, 3.63) is 24.3 Å². The number of alkyl halides is 2. The van der Waals surface area contributed by atoms with Crippen LogP contribution in [0.1, 0.15) is 0 Å². The van der Waals surface area contributed by atoms with Gasteiger partial charge in [-0.3, -0.25) is 0 Å². The predicted molar refractivity (Wildman–Crippen MR) is 64.9 cm³/mol. The molecule has 3 nitrogen and oxygen atoms in total. The molecule has 0 fully saturated rings. The summed E-state index contributed by atoms with van der Waals surface area (Å²) in [5.74, 6) is 0. The number of aromatic nitrogens is 1. The van der Waals surface area contributed by atoms with Gasteiger partial charge in [0.25, 0.3) is 6.43 Å². The van der Waals surface area contributed by atoms with Crippen molar-refractivity contribution in [2.75, 3.05) is 24.6 Å². The van der Waals surface area contributed by atoms with E-state index in [9.17, 15) is 8.78 Å². The Labute approximate surface area is 101 Å². The number of benzene rings is 1. The molecule has 1 heterocycles. The van der Waals surface area contributed by atoms with Gasteiger partial charge in [-0.1, -0.05) is 12.1 Å². The van der Waals surface area contributed by atoms with Crippen molar-refractivity contribution in [1.29, 1.82) is 0 Å². The van der Waals surface area contributed by atoms with Gasteiger partial charge in [0.05, 0.1) is 18.7 Å².